The Balaban J connectivity index is 1.41. The van der Waals surface area contributed by atoms with Crippen molar-refractivity contribution in [3.8, 4) is 0 Å². The molecule has 1 aromatic rings. The molecule has 3 fully saturated rings. The van der Waals surface area contributed by atoms with Crippen molar-refractivity contribution in [3.05, 3.63) is 22.7 Å². The molecule has 4 rings (SSSR count). The van der Waals surface area contributed by atoms with E-state index in [9.17, 15) is 9.59 Å². The van der Waals surface area contributed by atoms with Crippen LogP contribution in [0.1, 0.15) is 78.4 Å². The SMILES string of the molecule is CC[C@H]1O[C@@H](n2ccc(NC(=O)C(C)C)nc2=O)CC1O[P@@]1O[C@H]2CCCCCC[C@@H]2N1C. The first-order chi connectivity index (χ1) is 15.9. The van der Waals surface area contributed by atoms with Crippen LogP contribution < -0.4 is 11.0 Å². The average molecular weight is 481 g/mol. The van der Waals surface area contributed by atoms with Crippen LogP contribution in [0, 0.1) is 5.92 Å². The van der Waals surface area contributed by atoms with Crippen molar-refractivity contribution in [1.82, 2.24) is 14.2 Å². The third-order valence-corrected chi connectivity index (χ3v) is 8.57. The van der Waals surface area contributed by atoms with E-state index in [2.05, 4.69) is 28.9 Å². The number of amides is 1. The van der Waals surface area contributed by atoms with E-state index in [4.69, 9.17) is 13.8 Å². The minimum atomic E-state index is -1.14. The number of rotatable bonds is 6. The summed E-state index contributed by atoms with van der Waals surface area (Å²) >= 11 is 0. The molecule has 1 aliphatic carbocycles. The summed E-state index contributed by atoms with van der Waals surface area (Å²) in [4.78, 5) is 28.6. The van der Waals surface area contributed by atoms with Crippen molar-refractivity contribution in [2.75, 3.05) is 12.4 Å². The molecule has 0 aromatic carbocycles. The van der Waals surface area contributed by atoms with Crippen molar-refractivity contribution in [2.24, 2.45) is 5.92 Å². The summed E-state index contributed by atoms with van der Waals surface area (Å²) in [5, 5.41) is 2.67. The molecule has 33 heavy (non-hydrogen) atoms. The van der Waals surface area contributed by atoms with Gasteiger partial charge in [-0.3, -0.25) is 9.36 Å². The second kappa shape index (κ2) is 10.9. The number of nitrogens with zero attached hydrogens (tertiary/aromatic N) is 3. The number of nitrogens with one attached hydrogen (secondary N) is 1. The van der Waals surface area contributed by atoms with Gasteiger partial charge in [-0.15, -0.1) is 0 Å². The van der Waals surface area contributed by atoms with Crippen molar-refractivity contribution >= 4 is 20.3 Å². The van der Waals surface area contributed by atoms with Crippen LogP contribution in [0.2, 0.25) is 0 Å². The summed E-state index contributed by atoms with van der Waals surface area (Å²) in [6, 6.07) is 2.06. The molecule has 1 amide bonds. The van der Waals surface area contributed by atoms with Crippen LogP contribution in [-0.4, -0.2) is 51.5 Å². The Morgan fingerprint density at radius 2 is 2.06 bits per heavy atom. The van der Waals surface area contributed by atoms with Crippen molar-refractivity contribution in [1.29, 1.82) is 0 Å². The summed E-state index contributed by atoms with van der Waals surface area (Å²) in [7, 11) is 0.978. The van der Waals surface area contributed by atoms with Gasteiger partial charge in [0.1, 0.15) is 12.0 Å². The number of carbonyl (C=O) groups is 1. The van der Waals surface area contributed by atoms with Crippen LogP contribution in [0.15, 0.2) is 17.1 Å². The standard InChI is InChI=1S/C23H37N4O5P/c1-5-17-19(32-33-26(4)16-10-8-6-7-9-11-18(16)31-33)14-21(30-17)27-13-12-20(25-23(27)29)24-22(28)15(2)3/h12-13,15-19,21H,5-11,14H2,1-4H3,(H,24,25,28,29)/t16-,17+,18-,19?,21+,33+/m0/s1. The zero-order valence-electron chi connectivity index (χ0n) is 20.1. The summed E-state index contributed by atoms with van der Waals surface area (Å²) in [6.45, 7) is 5.65. The molecular formula is C23H37N4O5P. The first-order valence-electron chi connectivity index (χ1n) is 12.3. The van der Waals surface area contributed by atoms with E-state index in [-0.39, 0.29) is 36.0 Å². The number of carbonyl (C=O) groups excluding carboxylic acids is 1. The maximum atomic E-state index is 12.7. The maximum absolute atomic E-state index is 12.7. The van der Waals surface area contributed by atoms with Gasteiger partial charge in [0, 0.05) is 24.6 Å². The highest BCUT2D eigenvalue weighted by Gasteiger charge is 2.45. The van der Waals surface area contributed by atoms with Crippen LogP contribution in [0.3, 0.4) is 0 Å². The number of anilines is 1. The van der Waals surface area contributed by atoms with E-state index in [1.807, 2.05) is 0 Å². The number of hydrogen-bond acceptors (Lipinski definition) is 7. The van der Waals surface area contributed by atoms with Crippen LogP contribution >= 0.6 is 8.53 Å². The minimum absolute atomic E-state index is 0.116. The molecule has 184 valence electrons. The molecular weight excluding hydrogens is 443 g/mol. The summed E-state index contributed by atoms with van der Waals surface area (Å²) in [6.07, 6.45) is 9.81. The molecule has 1 unspecified atom stereocenters. The molecule has 1 saturated carbocycles. The largest absolute Gasteiger partial charge is 0.352 e. The predicted molar refractivity (Wildman–Crippen MR) is 127 cm³/mol. The molecule has 0 bridgehead atoms. The van der Waals surface area contributed by atoms with Gasteiger partial charge in [0.05, 0.1) is 18.3 Å². The summed E-state index contributed by atoms with van der Waals surface area (Å²) in [5.41, 5.74) is -0.449. The quantitative estimate of drug-likeness (QED) is 0.610. The highest BCUT2D eigenvalue weighted by atomic mass is 31.2. The number of ether oxygens (including phenoxy) is 1. The van der Waals surface area contributed by atoms with Gasteiger partial charge in [0.2, 0.25) is 5.91 Å². The minimum Gasteiger partial charge on any atom is -0.352 e. The second-order valence-corrected chi connectivity index (χ2v) is 11.1. The topological polar surface area (TPSA) is 94.9 Å². The van der Waals surface area contributed by atoms with E-state index >= 15 is 0 Å². The van der Waals surface area contributed by atoms with Crippen LogP contribution in [-0.2, 0) is 18.6 Å². The molecule has 2 saturated heterocycles. The highest BCUT2D eigenvalue weighted by molar-refractivity contribution is 7.44. The van der Waals surface area contributed by atoms with Gasteiger partial charge in [-0.2, -0.15) is 4.98 Å². The highest BCUT2D eigenvalue weighted by Crippen LogP contribution is 2.56. The Morgan fingerprint density at radius 1 is 1.30 bits per heavy atom. The lowest BCUT2D eigenvalue weighted by molar-refractivity contribution is -0.118. The fraction of sp³-hybridized carbons (Fsp3) is 0.783. The number of aromatic nitrogens is 2. The smallest absolute Gasteiger partial charge is 0.351 e. The van der Waals surface area contributed by atoms with Gasteiger partial charge in [0.25, 0.3) is 8.53 Å². The molecule has 2 aliphatic heterocycles. The zero-order chi connectivity index (χ0) is 23.5. The molecule has 1 aromatic heterocycles. The third kappa shape index (κ3) is 5.65. The second-order valence-electron chi connectivity index (χ2n) is 9.58. The van der Waals surface area contributed by atoms with Gasteiger partial charge < -0.3 is 19.1 Å². The number of likely N-dealkylation sites (N-methyl/N-ethyl adjacent to an activating group) is 1. The lowest BCUT2D eigenvalue weighted by atomic mass is 9.94. The van der Waals surface area contributed by atoms with E-state index in [1.54, 1.807) is 26.1 Å². The molecule has 0 radical (unpaired) electrons. The first kappa shape index (κ1) is 24.7. The normalized spacial score (nSPS) is 33.0. The van der Waals surface area contributed by atoms with Gasteiger partial charge in [0.15, 0.2) is 0 Å². The maximum Gasteiger partial charge on any atom is 0.351 e. The summed E-state index contributed by atoms with van der Waals surface area (Å²) < 4.78 is 22.9. The van der Waals surface area contributed by atoms with Crippen LogP contribution in [0.25, 0.3) is 0 Å². The Hall–Kier alpha value is -1.38. The summed E-state index contributed by atoms with van der Waals surface area (Å²) in [5.74, 6) is -0.107. The molecule has 3 heterocycles. The van der Waals surface area contributed by atoms with E-state index in [0.717, 1.165) is 19.3 Å². The van der Waals surface area contributed by atoms with Gasteiger partial charge in [-0.05, 0) is 32.4 Å². The van der Waals surface area contributed by atoms with Crippen molar-refractivity contribution in [3.63, 3.8) is 0 Å². The van der Waals surface area contributed by atoms with Crippen LogP contribution in [0.4, 0.5) is 5.82 Å². The van der Waals surface area contributed by atoms with Gasteiger partial charge >= 0.3 is 5.69 Å². The average Bonchev–Trinajstić information content (AvgIpc) is 3.29. The molecule has 0 spiro atoms. The van der Waals surface area contributed by atoms with Crippen molar-refractivity contribution in [2.45, 2.75) is 103 Å². The molecule has 9 nitrogen and oxygen atoms in total. The number of fused-ring (bicyclic) bond motifs is 1. The molecule has 6 atom stereocenters. The Kier molecular flexibility index (Phi) is 8.18. The number of hydrogen-bond donors (Lipinski definition) is 1. The fourth-order valence-electron chi connectivity index (χ4n) is 4.82. The molecule has 1 N–H and O–H groups in total. The Bertz CT molecular complexity index is 881. The third-order valence-electron chi connectivity index (χ3n) is 6.86. The van der Waals surface area contributed by atoms with Crippen molar-refractivity contribution < 1.29 is 18.6 Å². The lowest BCUT2D eigenvalue weighted by Crippen LogP contribution is -2.32. The molecule has 10 heteroatoms. The first-order valence-corrected chi connectivity index (χ1v) is 13.4. The van der Waals surface area contributed by atoms with Gasteiger partial charge in [-0.1, -0.05) is 46.5 Å². The Morgan fingerprint density at radius 3 is 2.76 bits per heavy atom. The van der Waals surface area contributed by atoms with E-state index in [1.165, 1.54) is 30.3 Å². The Labute approximate surface area is 197 Å². The van der Waals surface area contributed by atoms with E-state index < -0.39 is 20.4 Å². The fourth-order valence-corrected chi connectivity index (χ4v) is 6.61. The lowest BCUT2D eigenvalue weighted by Gasteiger charge is -2.26. The van der Waals surface area contributed by atoms with Crippen LogP contribution in [0.5, 0.6) is 0 Å². The monoisotopic (exact) mass is 480 g/mol. The predicted octanol–water partition coefficient (Wildman–Crippen LogP) is 4.20. The zero-order valence-corrected chi connectivity index (χ0v) is 21.0. The molecule has 3 aliphatic rings. The van der Waals surface area contributed by atoms with Gasteiger partial charge in [-0.25, -0.2) is 9.46 Å². The van der Waals surface area contributed by atoms with E-state index in [0.29, 0.717) is 12.5 Å².